The zero-order chi connectivity index (χ0) is 20.7. The van der Waals surface area contributed by atoms with Gasteiger partial charge in [-0.05, 0) is 37.3 Å². The van der Waals surface area contributed by atoms with Crippen molar-refractivity contribution in [2.75, 3.05) is 32.7 Å². The van der Waals surface area contributed by atoms with Gasteiger partial charge in [-0.2, -0.15) is 0 Å². The summed E-state index contributed by atoms with van der Waals surface area (Å²) in [5.74, 6) is 0.751. The lowest BCUT2D eigenvalue weighted by Gasteiger charge is -2.47. The maximum absolute atomic E-state index is 13.0. The lowest BCUT2D eigenvalue weighted by atomic mass is 9.77. The van der Waals surface area contributed by atoms with Crippen LogP contribution in [-0.4, -0.2) is 59.9 Å². The number of carbonyl (C=O) groups is 2. The molecular formula is C24H37N3O2. The standard InChI is InChI=1S/C24H37N3O2/c1-20(2)19-27-16-9-15-26(23(29)21-10-5-3-6-11-21)17-14-25-22(28)18-24(27)12-7-4-8-13-24/h3,5-6,10-11,20H,4,7-9,12-19H2,1-2H3,(H,25,28). The van der Waals surface area contributed by atoms with Gasteiger partial charge in [-0.15, -0.1) is 0 Å². The van der Waals surface area contributed by atoms with E-state index in [1.54, 1.807) is 0 Å². The number of rotatable bonds is 3. The Balaban J connectivity index is 1.77. The topological polar surface area (TPSA) is 52.6 Å². The van der Waals surface area contributed by atoms with Gasteiger partial charge in [-0.1, -0.05) is 51.3 Å². The Hall–Kier alpha value is -1.88. The average Bonchev–Trinajstić information content (AvgIpc) is 2.74. The highest BCUT2D eigenvalue weighted by Gasteiger charge is 2.40. The Morgan fingerprint density at radius 2 is 1.76 bits per heavy atom. The molecule has 0 unspecified atom stereocenters. The van der Waals surface area contributed by atoms with Gasteiger partial charge >= 0.3 is 0 Å². The summed E-state index contributed by atoms with van der Waals surface area (Å²) in [5.41, 5.74) is 0.710. The van der Waals surface area contributed by atoms with Crippen molar-refractivity contribution in [1.29, 1.82) is 0 Å². The molecule has 2 amide bonds. The number of hydrogen-bond acceptors (Lipinski definition) is 3. The van der Waals surface area contributed by atoms with Crippen molar-refractivity contribution in [3.8, 4) is 0 Å². The normalized spacial score (nSPS) is 21.6. The first kappa shape index (κ1) is 21.8. The van der Waals surface area contributed by atoms with Crippen LogP contribution in [0.3, 0.4) is 0 Å². The molecule has 1 aromatic carbocycles. The van der Waals surface area contributed by atoms with E-state index in [9.17, 15) is 9.59 Å². The average molecular weight is 400 g/mol. The number of nitrogens with one attached hydrogen (secondary N) is 1. The largest absolute Gasteiger partial charge is 0.354 e. The minimum Gasteiger partial charge on any atom is -0.354 e. The molecule has 1 saturated carbocycles. The molecule has 0 bridgehead atoms. The van der Waals surface area contributed by atoms with Gasteiger partial charge in [-0.3, -0.25) is 14.5 Å². The van der Waals surface area contributed by atoms with Crippen molar-refractivity contribution >= 4 is 11.8 Å². The minimum atomic E-state index is -0.00872. The third-order valence-electron chi connectivity index (χ3n) is 6.40. The molecule has 1 heterocycles. The molecular weight excluding hydrogens is 362 g/mol. The molecule has 3 rings (SSSR count). The fourth-order valence-corrected chi connectivity index (χ4v) is 5.00. The summed E-state index contributed by atoms with van der Waals surface area (Å²) in [6, 6.07) is 9.47. The molecule has 2 fully saturated rings. The van der Waals surface area contributed by atoms with E-state index in [-0.39, 0.29) is 17.4 Å². The zero-order valence-corrected chi connectivity index (χ0v) is 18.2. The molecule has 1 aromatic rings. The van der Waals surface area contributed by atoms with E-state index >= 15 is 0 Å². The van der Waals surface area contributed by atoms with Crippen molar-refractivity contribution in [2.24, 2.45) is 5.92 Å². The summed E-state index contributed by atoms with van der Waals surface area (Å²) in [5, 5.41) is 3.10. The van der Waals surface area contributed by atoms with Gasteiger partial charge in [0.15, 0.2) is 0 Å². The summed E-state index contributed by atoms with van der Waals surface area (Å²) in [6.45, 7) is 8.30. The summed E-state index contributed by atoms with van der Waals surface area (Å²) >= 11 is 0. The number of nitrogens with zero attached hydrogens (tertiary/aromatic N) is 2. The van der Waals surface area contributed by atoms with Crippen LogP contribution in [0.15, 0.2) is 30.3 Å². The van der Waals surface area contributed by atoms with E-state index in [1.807, 2.05) is 35.2 Å². The maximum Gasteiger partial charge on any atom is 0.253 e. The molecule has 1 saturated heterocycles. The first-order chi connectivity index (χ1) is 14.0. The van der Waals surface area contributed by atoms with E-state index < -0.39 is 0 Å². The van der Waals surface area contributed by atoms with Crippen LogP contribution in [0.25, 0.3) is 0 Å². The minimum absolute atomic E-state index is 0.00872. The maximum atomic E-state index is 13.0. The first-order valence-corrected chi connectivity index (χ1v) is 11.4. The predicted molar refractivity (Wildman–Crippen MR) is 117 cm³/mol. The Morgan fingerprint density at radius 3 is 2.45 bits per heavy atom. The molecule has 1 aliphatic heterocycles. The van der Waals surface area contributed by atoms with Crippen LogP contribution in [0.4, 0.5) is 0 Å². The Kier molecular flexibility index (Phi) is 7.70. The summed E-state index contributed by atoms with van der Waals surface area (Å²) in [6.07, 6.45) is 7.45. The fourth-order valence-electron chi connectivity index (χ4n) is 5.00. The van der Waals surface area contributed by atoms with Crippen LogP contribution in [0.5, 0.6) is 0 Å². The Labute approximate surface area is 175 Å². The van der Waals surface area contributed by atoms with E-state index in [0.29, 0.717) is 25.4 Å². The summed E-state index contributed by atoms with van der Waals surface area (Å²) < 4.78 is 0. The summed E-state index contributed by atoms with van der Waals surface area (Å²) in [7, 11) is 0. The number of amides is 2. The predicted octanol–water partition coefficient (Wildman–Crippen LogP) is 3.70. The van der Waals surface area contributed by atoms with Crippen LogP contribution in [0, 0.1) is 5.92 Å². The smallest absolute Gasteiger partial charge is 0.253 e. The van der Waals surface area contributed by atoms with Crippen molar-refractivity contribution in [3.05, 3.63) is 35.9 Å². The van der Waals surface area contributed by atoms with Crippen LogP contribution in [0.2, 0.25) is 0 Å². The van der Waals surface area contributed by atoms with Gasteiger partial charge in [0.1, 0.15) is 0 Å². The van der Waals surface area contributed by atoms with Crippen LogP contribution < -0.4 is 5.32 Å². The highest BCUT2D eigenvalue weighted by atomic mass is 16.2. The molecule has 1 N–H and O–H groups in total. The highest BCUT2D eigenvalue weighted by molar-refractivity contribution is 5.94. The zero-order valence-electron chi connectivity index (χ0n) is 18.2. The third-order valence-corrected chi connectivity index (χ3v) is 6.40. The third kappa shape index (κ3) is 5.81. The molecule has 160 valence electrons. The second kappa shape index (κ2) is 10.2. The highest BCUT2D eigenvalue weighted by Crippen LogP contribution is 2.37. The quantitative estimate of drug-likeness (QED) is 0.843. The molecule has 2 aliphatic rings. The number of carbonyl (C=O) groups excluding carboxylic acids is 2. The molecule has 0 radical (unpaired) electrons. The van der Waals surface area contributed by atoms with Crippen LogP contribution in [0.1, 0.15) is 69.2 Å². The number of hydrogen-bond donors (Lipinski definition) is 1. The van der Waals surface area contributed by atoms with Crippen molar-refractivity contribution in [3.63, 3.8) is 0 Å². The second-order valence-electron chi connectivity index (χ2n) is 9.16. The second-order valence-corrected chi connectivity index (χ2v) is 9.16. The van der Waals surface area contributed by atoms with Crippen molar-refractivity contribution < 1.29 is 9.59 Å². The van der Waals surface area contributed by atoms with Crippen molar-refractivity contribution in [1.82, 2.24) is 15.1 Å². The van der Waals surface area contributed by atoms with E-state index in [4.69, 9.17) is 0 Å². The Morgan fingerprint density at radius 1 is 1.03 bits per heavy atom. The van der Waals surface area contributed by atoms with Crippen molar-refractivity contribution in [2.45, 2.75) is 64.3 Å². The van der Waals surface area contributed by atoms with Gasteiger partial charge in [0.2, 0.25) is 5.91 Å². The summed E-state index contributed by atoms with van der Waals surface area (Å²) in [4.78, 5) is 30.3. The molecule has 29 heavy (non-hydrogen) atoms. The molecule has 5 nitrogen and oxygen atoms in total. The van der Waals surface area contributed by atoms with Crippen LogP contribution in [-0.2, 0) is 4.79 Å². The lowest BCUT2D eigenvalue weighted by molar-refractivity contribution is -0.125. The van der Waals surface area contributed by atoms with Gasteiger partial charge in [0.25, 0.3) is 5.91 Å². The van der Waals surface area contributed by atoms with E-state index in [1.165, 1.54) is 19.3 Å². The molecule has 0 aromatic heterocycles. The molecule has 5 heteroatoms. The Bertz CT molecular complexity index is 668. The van der Waals surface area contributed by atoms with Crippen LogP contribution >= 0.6 is 0 Å². The monoisotopic (exact) mass is 399 g/mol. The molecule has 1 aliphatic carbocycles. The first-order valence-electron chi connectivity index (χ1n) is 11.4. The van der Waals surface area contributed by atoms with Gasteiger partial charge in [0, 0.05) is 50.2 Å². The van der Waals surface area contributed by atoms with Gasteiger partial charge in [0.05, 0.1) is 0 Å². The lowest BCUT2D eigenvalue weighted by Crippen LogP contribution is -2.54. The number of benzene rings is 1. The molecule has 0 atom stereocenters. The van der Waals surface area contributed by atoms with Gasteiger partial charge in [-0.25, -0.2) is 0 Å². The SMILES string of the molecule is CC(C)CN1CCCN(C(=O)c2ccccc2)CCNC(=O)CC12CCCCC2. The van der Waals surface area contributed by atoms with Gasteiger partial charge < -0.3 is 10.2 Å². The fraction of sp³-hybridized carbons (Fsp3) is 0.667. The molecule has 1 spiro atoms. The van der Waals surface area contributed by atoms with E-state index in [0.717, 1.165) is 44.5 Å². The van der Waals surface area contributed by atoms with E-state index in [2.05, 4.69) is 24.1 Å².